The lowest BCUT2D eigenvalue weighted by Gasteiger charge is -2.24. The third kappa shape index (κ3) is 4.14. The largest absolute Gasteiger partial charge is 0.265 e. The molecule has 0 fully saturated rings. The average Bonchev–Trinajstić information content (AvgIpc) is 3.61. The molecular weight excluding hydrogens is 579 g/mol. The van der Waals surface area contributed by atoms with Gasteiger partial charge in [-0.05, 0) is 52.1 Å². The van der Waals surface area contributed by atoms with E-state index in [2.05, 4.69) is 134 Å². The van der Waals surface area contributed by atoms with Crippen LogP contribution in [0.15, 0.2) is 140 Å². The summed E-state index contributed by atoms with van der Waals surface area (Å²) < 4.78 is 2.62. The van der Waals surface area contributed by atoms with Crippen LogP contribution in [0.2, 0.25) is 0 Å². The van der Waals surface area contributed by atoms with Gasteiger partial charge in [-0.2, -0.15) is 0 Å². The van der Waals surface area contributed by atoms with Gasteiger partial charge < -0.3 is 0 Å². The molecule has 0 saturated carbocycles. The van der Waals surface area contributed by atoms with Crippen LogP contribution < -0.4 is 0 Å². The fourth-order valence-electron chi connectivity index (χ4n) is 7.12. The smallest absolute Gasteiger partial charge is 0.160 e. The van der Waals surface area contributed by atoms with E-state index in [4.69, 9.17) is 9.97 Å². The Bertz CT molecular complexity index is 2440. The second-order valence-corrected chi connectivity index (χ2v) is 13.5. The Morgan fingerprint density at radius 3 is 2.04 bits per heavy atom. The first-order chi connectivity index (χ1) is 22.6. The van der Waals surface area contributed by atoms with Gasteiger partial charge >= 0.3 is 0 Å². The minimum Gasteiger partial charge on any atom is -0.265 e. The molecule has 0 aliphatic heterocycles. The SMILES string of the molecule is CC1(C)c2ccccc2-c2nc(-c3cccc(-c4cccc5c4sc4ccccc45)c3)nc(-c3ccc(-c4ccncc4)cc3)c21. The molecule has 0 N–H and O–H groups in total. The summed E-state index contributed by atoms with van der Waals surface area (Å²) in [6.07, 6.45) is 3.67. The maximum Gasteiger partial charge on any atom is 0.160 e. The normalized spacial score (nSPS) is 13.2. The van der Waals surface area contributed by atoms with Gasteiger partial charge in [-0.1, -0.05) is 117 Å². The maximum atomic E-state index is 5.38. The topological polar surface area (TPSA) is 38.7 Å². The lowest BCUT2D eigenvalue weighted by molar-refractivity contribution is 0.658. The monoisotopic (exact) mass is 607 g/mol. The van der Waals surface area contributed by atoms with Gasteiger partial charge in [0.2, 0.25) is 0 Å². The second kappa shape index (κ2) is 10.3. The third-order valence-corrected chi connectivity index (χ3v) is 10.6. The zero-order valence-electron chi connectivity index (χ0n) is 25.5. The number of nitrogens with zero attached hydrogens (tertiary/aromatic N) is 3. The van der Waals surface area contributed by atoms with Gasteiger partial charge in [0.05, 0.1) is 11.4 Å². The van der Waals surface area contributed by atoms with Crippen molar-refractivity contribution in [1.29, 1.82) is 0 Å². The highest BCUT2D eigenvalue weighted by Gasteiger charge is 2.40. The number of benzene rings is 5. The van der Waals surface area contributed by atoms with Gasteiger partial charge in [0.15, 0.2) is 5.82 Å². The highest BCUT2D eigenvalue weighted by Crippen LogP contribution is 2.51. The van der Waals surface area contributed by atoms with Crippen molar-refractivity contribution in [2.45, 2.75) is 19.3 Å². The quantitative estimate of drug-likeness (QED) is 0.200. The predicted octanol–water partition coefficient (Wildman–Crippen LogP) is 11.2. The van der Waals surface area contributed by atoms with Crippen LogP contribution in [0.4, 0.5) is 0 Å². The molecule has 0 amide bonds. The van der Waals surface area contributed by atoms with Gasteiger partial charge in [-0.3, -0.25) is 4.98 Å². The van der Waals surface area contributed by atoms with Gasteiger partial charge in [-0.15, -0.1) is 11.3 Å². The third-order valence-electron chi connectivity index (χ3n) is 9.40. The molecule has 46 heavy (non-hydrogen) atoms. The zero-order valence-corrected chi connectivity index (χ0v) is 26.3. The Hall–Kier alpha value is -5.45. The van der Waals surface area contributed by atoms with Gasteiger partial charge in [0.1, 0.15) is 0 Å². The lowest BCUT2D eigenvalue weighted by atomic mass is 9.80. The van der Waals surface area contributed by atoms with Crippen LogP contribution in [0.3, 0.4) is 0 Å². The molecule has 0 atom stereocenters. The van der Waals surface area contributed by atoms with Crippen molar-refractivity contribution in [3.05, 3.63) is 151 Å². The summed E-state index contributed by atoms with van der Waals surface area (Å²) in [5, 5.41) is 2.61. The molecule has 0 saturated heterocycles. The van der Waals surface area contributed by atoms with Crippen LogP contribution in [0.5, 0.6) is 0 Å². The average molecular weight is 608 g/mol. The van der Waals surface area contributed by atoms with Crippen LogP contribution in [0, 0.1) is 0 Å². The van der Waals surface area contributed by atoms with E-state index >= 15 is 0 Å². The van der Waals surface area contributed by atoms with Crippen LogP contribution in [0.25, 0.3) is 76.3 Å². The molecule has 0 unspecified atom stereocenters. The van der Waals surface area contributed by atoms with Gasteiger partial charge in [0, 0.05) is 60.2 Å². The Labute approximate surface area is 271 Å². The molecule has 3 aromatic heterocycles. The highest BCUT2D eigenvalue weighted by atomic mass is 32.1. The van der Waals surface area contributed by atoms with Crippen LogP contribution in [-0.4, -0.2) is 15.0 Å². The second-order valence-electron chi connectivity index (χ2n) is 12.5. The zero-order chi connectivity index (χ0) is 30.8. The predicted molar refractivity (Wildman–Crippen MR) is 192 cm³/mol. The number of hydrogen-bond donors (Lipinski definition) is 0. The van der Waals surface area contributed by atoms with Crippen molar-refractivity contribution in [3.63, 3.8) is 0 Å². The van der Waals surface area contributed by atoms with Gasteiger partial charge in [-0.25, -0.2) is 9.97 Å². The summed E-state index contributed by atoms with van der Waals surface area (Å²) in [6, 6.07) is 45.5. The summed E-state index contributed by atoms with van der Waals surface area (Å²) in [6.45, 7) is 4.59. The first-order valence-corrected chi connectivity index (χ1v) is 16.4. The molecule has 1 aliphatic carbocycles. The van der Waals surface area contributed by atoms with Crippen LogP contribution in [0.1, 0.15) is 25.0 Å². The molecule has 1 aliphatic rings. The number of pyridine rings is 1. The van der Waals surface area contributed by atoms with E-state index < -0.39 is 0 Å². The van der Waals surface area contributed by atoms with Crippen molar-refractivity contribution < 1.29 is 0 Å². The Balaban J connectivity index is 1.23. The van der Waals surface area contributed by atoms with E-state index in [9.17, 15) is 0 Å². The molecule has 9 rings (SSSR count). The Morgan fingerprint density at radius 2 is 1.17 bits per heavy atom. The summed E-state index contributed by atoms with van der Waals surface area (Å²) in [7, 11) is 0. The summed E-state index contributed by atoms with van der Waals surface area (Å²) in [4.78, 5) is 14.9. The van der Waals surface area contributed by atoms with Crippen molar-refractivity contribution in [2.24, 2.45) is 0 Å². The standard InChI is InChI=1S/C42H29N3S/c1-42(2)35-15-5-3-12-34(35)39-37(42)38(28-19-17-26(18-20-28)27-21-23-43-24-22-27)44-41(45-39)30-10-7-9-29(25-30)31-13-8-14-33-32-11-4-6-16-36(32)46-40(31)33/h3-25H,1-2H3. The van der Waals surface area contributed by atoms with Crippen molar-refractivity contribution in [2.75, 3.05) is 0 Å². The molecule has 4 heteroatoms. The molecule has 0 radical (unpaired) electrons. The van der Waals surface area contributed by atoms with E-state index in [1.54, 1.807) is 0 Å². The summed E-state index contributed by atoms with van der Waals surface area (Å²) >= 11 is 1.86. The molecular formula is C42H29N3S. The fraction of sp³-hybridized carbons (Fsp3) is 0.0714. The minimum atomic E-state index is -0.234. The first-order valence-electron chi connectivity index (χ1n) is 15.6. The molecule has 3 heterocycles. The van der Waals surface area contributed by atoms with E-state index in [0.717, 1.165) is 39.5 Å². The van der Waals surface area contributed by atoms with Crippen molar-refractivity contribution in [1.82, 2.24) is 15.0 Å². The van der Waals surface area contributed by atoms with Gasteiger partial charge in [0.25, 0.3) is 0 Å². The van der Waals surface area contributed by atoms with Crippen LogP contribution >= 0.6 is 11.3 Å². The molecule has 5 aromatic carbocycles. The molecule has 0 spiro atoms. The number of thiophene rings is 1. The number of aromatic nitrogens is 3. The number of hydrogen-bond acceptors (Lipinski definition) is 4. The maximum absolute atomic E-state index is 5.38. The van der Waals surface area contributed by atoms with Crippen molar-refractivity contribution >= 4 is 31.5 Å². The molecule has 218 valence electrons. The van der Waals surface area contributed by atoms with E-state index in [1.165, 1.54) is 48.0 Å². The van der Waals surface area contributed by atoms with E-state index in [-0.39, 0.29) is 5.41 Å². The van der Waals surface area contributed by atoms with Crippen molar-refractivity contribution in [3.8, 4) is 56.2 Å². The summed E-state index contributed by atoms with van der Waals surface area (Å²) in [5.41, 5.74) is 12.2. The van der Waals surface area contributed by atoms with Crippen LogP contribution in [-0.2, 0) is 5.41 Å². The Morgan fingerprint density at radius 1 is 0.522 bits per heavy atom. The lowest BCUT2D eigenvalue weighted by Crippen LogP contribution is -2.17. The van der Waals surface area contributed by atoms with E-state index in [1.807, 2.05) is 35.9 Å². The fourth-order valence-corrected chi connectivity index (χ4v) is 8.36. The summed E-state index contributed by atoms with van der Waals surface area (Å²) in [5.74, 6) is 0.741. The molecule has 8 aromatic rings. The highest BCUT2D eigenvalue weighted by molar-refractivity contribution is 7.26. The Kier molecular flexibility index (Phi) is 6.02. The van der Waals surface area contributed by atoms with E-state index in [0.29, 0.717) is 0 Å². The molecule has 0 bridgehead atoms. The first kappa shape index (κ1) is 26.9. The minimum absolute atomic E-state index is 0.234. The molecule has 3 nitrogen and oxygen atoms in total. The number of rotatable bonds is 4. The number of fused-ring (bicyclic) bond motifs is 6.